The highest BCUT2D eigenvalue weighted by Gasteiger charge is 2.25. The minimum absolute atomic E-state index is 0.162. The van der Waals surface area contributed by atoms with Crippen LogP contribution in [0.2, 0.25) is 0 Å². The molecule has 1 aromatic rings. The van der Waals surface area contributed by atoms with Gasteiger partial charge in [0.15, 0.2) is 0 Å². The normalized spacial score (nSPS) is 23.8. The van der Waals surface area contributed by atoms with Crippen molar-refractivity contribution in [2.75, 3.05) is 6.61 Å². The Kier molecular flexibility index (Phi) is 4.70. The molecule has 4 heteroatoms. The molecule has 0 spiro atoms. The molecule has 18 heavy (non-hydrogen) atoms. The molecule has 1 saturated carbocycles. The van der Waals surface area contributed by atoms with E-state index in [-0.39, 0.29) is 12.0 Å². The molecule has 0 amide bonds. The largest absolute Gasteiger partial charge is 0.481 e. The Bertz CT molecular complexity index is 372. The van der Waals surface area contributed by atoms with Crippen LogP contribution in [0.5, 0.6) is 0 Å². The molecule has 1 aliphatic carbocycles. The maximum atomic E-state index is 10.8. The molecule has 1 aliphatic rings. The second-order valence-corrected chi connectivity index (χ2v) is 4.79. The molecule has 1 N–H and O–H groups in total. The lowest BCUT2D eigenvalue weighted by molar-refractivity contribution is -0.143. The Morgan fingerprint density at radius 3 is 2.56 bits per heavy atom. The average molecular weight is 249 g/mol. The zero-order valence-corrected chi connectivity index (χ0v) is 10.4. The first kappa shape index (κ1) is 13.0. The van der Waals surface area contributed by atoms with Crippen LogP contribution in [0.4, 0.5) is 0 Å². The summed E-state index contributed by atoms with van der Waals surface area (Å²) in [5, 5.41) is 8.90. The summed E-state index contributed by atoms with van der Waals surface area (Å²) in [6.07, 6.45) is 7.93. The van der Waals surface area contributed by atoms with E-state index in [0.29, 0.717) is 6.61 Å². The number of aromatic nitrogens is 1. The second kappa shape index (κ2) is 6.50. The third kappa shape index (κ3) is 3.81. The standard InChI is InChI=1S/C14H19NO3/c16-14(17)12-1-3-13(4-2-12)18-10-7-11-5-8-15-9-6-11/h5-6,8-9,12-13H,1-4,7,10H2,(H,16,17). The minimum atomic E-state index is -0.662. The second-order valence-electron chi connectivity index (χ2n) is 4.79. The van der Waals surface area contributed by atoms with Crippen LogP contribution >= 0.6 is 0 Å². The van der Waals surface area contributed by atoms with E-state index >= 15 is 0 Å². The zero-order chi connectivity index (χ0) is 12.8. The lowest BCUT2D eigenvalue weighted by Gasteiger charge is -2.26. The zero-order valence-electron chi connectivity index (χ0n) is 10.4. The quantitative estimate of drug-likeness (QED) is 0.869. The van der Waals surface area contributed by atoms with Crippen molar-refractivity contribution < 1.29 is 14.6 Å². The van der Waals surface area contributed by atoms with E-state index in [2.05, 4.69) is 4.98 Å². The number of hydrogen-bond donors (Lipinski definition) is 1. The number of carboxylic acid groups (broad SMARTS) is 1. The molecule has 0 unspecified atom stereocenters. The molecular weight excluding hydrogens is 230 g/mol. The van der Waals surface area contributed by atoms with Crippen molar-refractivity contribution in [1.82, 2.24) is 4.98 Å². The first-order valence-electron chi connectivity index (χ1n) is 6.49. The summed E-state index contributed by atoms with van der Waals surface area (Å²) in [5.41, 5.74) is 1.23. The van der Waals surface area contributed by atoms with E-state index in [1.807, 2.05) is 12.1 Å². The number of carboxylic acids is 1. The van der Waals surface area contributed by atoms with E-state index in [1.165, 1.54) is 5.56 Å². The van der Waals surface area contributed by atoms with E-state index in [0.717, 1.165) is 32.1 Å². The van der Waals surface area contributed by atoms with Crippen molar-refractivity contribution in [3.63, 3.8) is 0 Å². The highest BCUT2D eigenvalue weighted by molar-refractivity contribution is 5.70. The van der Waals surface area contributed by atoms with Gasteiger partial charge in [0.05, 0.1) is 18.6 Å². The number of pyridine rings is 1. The lowest BCUT2D eigenvalue weighted by Crippen LogP contribution is -2.26. The van der Waals surface area contributed by atoms with Crippen LogP contribution in [-0.2, 0) is 16.0 Å². The fraction of sp³-hybridized carbons (Fsp3) is 0.571. The number of hydrogen-bond acceptors (Lipinski definition) is 3. The first-order valence-corrected chi connectivity index (χ1v) is 6.49. The van der Waals surface area contributed by atoms with E-state index in [9.17, 15) is 4.79 Å². The van der Waals surface area contributed by atoms with Crippen LogP contribution in [0.3, 0.4) is 0 Å². The Labute approximate surface area is 107 Å². The number of aliphatic carboxylic acids is 1. The van der Waals surface area contributed by atoms with Gasteiger partial charge in [-0.1, -0.05) is 0 Å². The van der Waals surface area contributed by atoms with Gasteiger partial charge in [0.2, 0.25) is 0 Å². The Balaban J connectivity index is 1.65. The molecule has 0 saturated heterocycles. The smallest absolute Gasteiger partial charge is 0.306 e. The molecule has 0 radical (unpaired) electrons. The molecular formula is C14H19NO3. The lowest BCUT2D eigenvalue weighted by atomic mass is 9.87. The number of rotatable bonds is 5. The Morgan fingerprint density at radius 1 is 1.28 bits per heavy atom. The van der Waals surface area contributed by atoms with Crippen molar-refractivity contribution in [3.8, 4) is 0 Å². The molecule has 2 rings (SSSR count). The van der Waals surface area contributed by atoms with Crippen LogP contribution in [0.25, 0.3) is 0 Å². The monoisotopic (exact) mass is 249 g/mol. The van der Waals surface area contributed by atoms with Crippen LogP contribution in [0.15, 0.2) is 24.5 Å². The van der Waals surface area contributed by atoms with Crippen LogP contribution in [0.1, 0.15) is 31.2 Å². The van der Waals surface area contributed by atoms with Gasteiger partial charge in [-0.25, -0.2) is 0 Å². The van der Waals surface area contributed by atoms with Crippen molar-refractivity contribution in [1.29, 1.82) is 0 Å². The number of carbonyl (C=O) groups is 1. The molecule has 1 aromatic heterocycles. The van der Waals surface area contributed by atoms with Crippen LogP contribution in [-0.4, -0.2) is 28.8 Å². The fourth-order valence-corrected chi connectivity index (χ4v) is 2.37. The summed E-state index contributed by atoms with van der Waals surface area (Å²) in [6.45, 7) is 0.701. The van der Waals surface area contributed by atoms with Gasteiger partial charge in [-0.15, -0.1) is 0 Å². The summed E-state index contributed by atoms with van der Waals surface area (Å²) in [7, 11) is 0. The van der Waals surface area contributed by atoms with Gasteiger partial charge in [-0.2, -0.15) is 0 Å². The summed E-state index contributed by atoms with van der Waals surface area (Å²) in [6, 6.07) is 3.98. The molecule has 0 aliphatic heterocycles. The predicted octanol–water partition coefficient (Wildman–Crippen LogP) is 2.28. The summed E-state index contributed by atoms with van der Waals surface area (Å²) >= 11 is 0. The van der Waals surface area contributed by atoms with Crippen LogP contribution in [0, 0.1) is 5.92 Å². The third-order valence-corrected chi connectivity index (χ3v) is 3.52. The van der Waals surface area contributed by atoms with E-state index in [4.69, 9.17) is 9.84 Å². The summed E-state index contributed by atoms with van der Waals surface area (Å²) in [5.74, 6) is -0.824. The molecule has 0 aromatic carbocycles. The molecule has 1 fully saturated rings. The van der Waals surface area contributed by atoms with Gasteiger partial charge < -0.3 is 9.84 Å². The first-order chi connectivity index (χ1) is 8.75. The SMILES string of the molecule is O=C(O)C1CCC(OCCc2ccncc2)CC1. The van der Waals surface area contributed by atoms with Gasteiger partial charge in [0, 0.05) is 12.4 Å². The highest BCUT2D eigenvalue weighted by Crippen LogP contribution is 2.26. The molecule has 0 bridgehead atoms. The summed E-state index contributed by atoms with van der Waals surface area (Å²) < 4.78 is 5.80. The number of nitrogens with zero attached hydrogens (tertiary/aromatic N) is 1. The van der Waals surface area contributed by atoms with Gasteiger partial charge in [-0.3, -0.25) is 9.78 Å². The van der Waals surface area contributed by atoms with Gasteiger partial charge >= 0.3 is 5.97 Å². The maximum absolute atomic E-state index is 10.8. The molecule has 0 atom stereocenters. The molecule has 1 heterocycles. The predicted molar refractivity (Wildman–Crippen MR) is 67.3 cm³/mol. The van der Waals surface area contributed by atoms with Crippen LogP contribution < -0.4 is 0 Å². The number of ether oxygens (including phenoxy) is 1. The summed E-state index contributed by atoms with van der Waals surface area (Å²) in [4.78, 5) is 14.8. The minimum Gasteiger partial charge on any atom is -0.481 e. The average Bonchev–Trinajstić information content (AvgIpc) is 2.40. The van der Waals surface area contributed by atoms with Crippen molar-refractivity contribution >= 4 is 5.97 Å². The Hall–Kier alpha value is -1.42. The van der Waals surface area contributed by atoms with Gasteiger partial charge in [0.1, 0.15) is 0 Å². The van der Waals surface area contributed by atoms with E-state index in [1.54, 1.807) is 12.4 Å². The Morgan fingerprint density at radius 2 is 1.94 bits per heavy atom. The molecule has 98 valence electrons. The van der Waals surface area contributed by atoms with Crippen molar-refractivity contribution in [2.45, 2.75) is 38.2 Å². The van der Waals surface area contributed by atoms with Crippen molar-refractivity contribution in [2.24, 2.45) is 5.92 Å². The van der Waals surface area contributed by atoms with Crippen molar-refractivity contribution in [3.05, 3.63) is 30.1 Å². The van der Waals surface area contributed by atoms with Gasteiger partial charge in [-0.05, 0) is 49.8 Å². The highest BCUT2D eigenvalue weighted by atomic mass is 16.5. The third-order valence-electron chi connectivity index (χ3n) is 3.52. The van der Waals surface area contributed by atoms with Gasteiger partial charge in [0.25, 0.3) is 0 Å². The fourth-order valence-electron chi connectivity index (χ4n) is 2.37. The van der Waals surface area contributed by atoms with E-state index < -0.39 is 5.97 Å². The topological polar surface area (TPSA) is 59.4 Å². The maximum Gasteiger partial charge on any atom is 0.306 e. The molecule has 4 nitrogen and oxygen atoms in total.